The van der Waals surface area contributed by atoms with Crippen LogP contribution in [0.1, 0.15) is 23.7 Å². The molecule has 132 valence electrons. The highest BCUT2D eigenvalue weighted by atomic mass is 32.1. The molecule has 1 amide bonds. The maximum atomic E-state index is 12.3. The summed E-state index contributed by atoms with van der Waals surface area (Å²) in [5.74, 6) is 0.400. The predicted octanol–water partition coefficient (Wildman–Crippen LogP) is 3.67. The Labute approximate surface area is 154 Å². The zero-order valence-corrected chi connectivity index (χ0v) is 15.5. The first-order chi connectivity index (χ1) is 12.0. The molecule has 0 unspecified atom stereocenters. The lowest BCUT2D eigenvalue weighted by Crippen LogP contribution is -2.34. The molecule has 0 aromatic heterocycles. The topological polar surface area (TPSA) is 53.6 Å². The van der Waals surface area contributed by atoms with E-state index in [0.29, 0.717) is 17.9 Å². The van der Waals surface area contributed by atoms with Gasteiger partial charge in [0.2, 0.25) is 0 Å². The lowest BCUT2D eigenvalue weighted by Gasteiger charge is -2.14. The molecule has 2 N–H and O–H groups in total. The number of anilines is 2. The number of ether oxygens (including phenoxy) is 1. The van der Waals surface area contributed by atoms with Gasteiger partial charge in [-0.2, -0.15) is 0 Å². The van der Waals surface area contributed by atoms with Crippen LogP contribution in [0.5, 0.6) is 5.75 Å². The van der Waals surface area contributed by atoms with E-state index in [0.717, 1.165) is 17.8 Å². The van der Waals surface area contributed by atoms with Crippen LogP contribution >= 0.6 is 12.2 Å². The SMILES string of the molecule is CCCOc1cccc(C(=O)NC(=S)Nc2ccc(N(C)C)cc2)c1. The van der Waals surface area contributed by atoms with Gasteiger partial charge in [0, 0.05) is 31.0 Å². The number of hydrogen-bond acceptors (Lipinski definition) is 4. The average molecular weight is 357 g/mol. The van der Waals surface area contributed by atoms with Gasteiger partial charge in [-0.1, -0.05) is 13.0 Å². The standard InChI is InChI=1S/C19H23N3O2S/c1-4-12-24-17-7-5-6-14(13-17)18(23)21-19(25)20-15-8-10-16(11-9-15)22(2)3/h5-11,13H,4,12H2,1-3H3,(H2,20,21,23,25). The summed E-state index contributed by atoms with van der Waals surface area (Å²) in [7, 11) is 3.96. The van der Waals surface area contributed by atoms with Crippen molar-refractivity contribution in [3.63, 3.8) is 0 Å². The van der Waals surface area contributed by atoms with Gasteiger partial charge in [-0.3, -0.25) is 10.1 Å². The van der Waals surface area contributed by atoms with Gasteiger partial charge in [0.15, 0.2) is 5.11 Å². The highest BCUT2D eigenvalue weighted by Crippen LogP contribution is 2.16. The van der Waals surface area contributed by atoms with Crippen LogP contribution in [0.25, 0.3) is 0 Å². The van der Waals surface area contributed by atoms with Crippen LogP contribution in [0.3, 0.4) is 0 Å². The molecule has 0 saturated carbocycles. The summed E-state index contributed by atoms with van der Waals surface area (Å²) in [5, 5.41) is 5.94. The second-order valence-corrected chi connectivity index (χ2v) is 6.13. The molecule has 2 rings (SSSR count). The zero-order valence-electron chi connectivity index (χ0n) is 14.7. The number of benzene rings is 2. The Morgan fingerprint density at radius 1 is 1.16 bits per heavy atom. The monoisotopic (exact) mass is 357 g/mol. The second-order valence-electron chi connectivity index (χ2n) is 5.73. The van der Waals surface area contributed by atoms with Crippen molar-refractivity contribution < 1.29 is 9.53 Å². The fourth-order valence-corrected chi connectivity index (χ4v) is 2.34. The summed E-state index contributed by atoms with van der Waals surface area (Å²) in [5.41, 5.74) is 2.40. The van der Waals surface area contributed by atoms with Crippen LogP contribution in [0.15, 0.2) is 48.5 Å². The van der Waals surface area contributed by atoms with Crippen LogP contribution in [-0.4, -0.2) is 31.7 Å². The Morgan fingerprint density at radius 2 is 1.88 bits per heavy atom. The second kappa shape index (κ2) is 9.03. The van der Waals surface area contributed by atoms with Crippen molar-refractivity contribution in [2.45, 2.75) is 13.3 Å². The molecule has 5 nitrogen and oxygen atoms in total. The summed E-state index contributed by atoms with van der Waals surface area (Å²) in [6.07, 6.45) is 0.914. The summed E-state index contributed by atoms with van der Waals surface area (Å²) in [6.45, 7) is 2.65. The maximum absolute atomic E-state index is 12.3. The van der Waals surface area contributed by atoms with Gasteiger partial charge in [-0.15, -0.1) is 0 Å². The van der Waals surface area contributed by atoms with Crippen LogP contribution in [0.2, 0.25) is 0 Å². The van der Waals surface area contributed by atoms with E-state index in [1.54, 1.807) is 18.2 Å². The Morgan fingerprint density at radius 3 is 2.52 bits per heavy atom. The number of hydrogen-bond donors (Lipinski definition) is 2. The molecule has 0 heterocycles. The molecule has 0 aliphatic carbocycles. The maximum Gasteiger partial charge on any atom is 0.257 e. The first kappa shape index (κ1) is 18.7. The molecule has 0 atom stereocenters. The first-order valence-electron chi connectivity index (χ1n) is 8.12. The molecular weight excluding hydrogens is 334 g/mol. The number of nitrogens with one attached hydrogen (secondary N) is 2. The molecule has 0 saturated heterocycles. The van der Waals surface area contributed by atoms with Crippen molar-refractivity contribution in [1.82, 2.24) is 5.32 Å². The third-order valence-electron chi connectivity index (χ3n) is 3.44. The van der Waals surface area contributed by atoms with Crippen LogP contribution in [0, 0.1) is 0 Å². The van der Waals surface area contributed by atoms with E-state index in [1.807, 2.05) is 56.3 Å². The molecule has 0 aliphatic heterocycles. The lowest BCUT2D eigenvalue weighted by atomic mass is 10.2. The van der Waals surface area contributed by atoms with Crippen molar-refractivity contribution in [2.24, 2.45) is 0 Å². The van der Waals surface area contributed by atoms with Gasteiger partial charge in [0.1, 0.15) is 5.75 Å². The van der Waals surface area contributed by atoms with Gasteiger partial charge in [-0.05, 0) is 61.1 Å². The first-order valence-corrected chi connectivity index (χ1v) is 8.53. The van der Waals surface area contributed by atoms with Gasteiger partial charge in [0.05, 0.1) is 6.61 Å². The molecule has 0 fully saturated rings. The smallest absolute Gasteiger partial charge is 0.257 e. The van der Waals surface area contributed by atoms with E-state index in [1.165, 1.54) is 0 Å². The Kier molecular flexibility index (Phi) is 6.77. The largest absolute Gasteiger partial charge is 0.494 e. The number of carbonyl (C=O) groups excluding carboxylic acids is 1. The fourth-order valence-electron chi connectivity index (χ4n) is 2.13. The summed E-state index contributed by atoms with van der Waals surface area (Å²) < 4.78 is 5.54. The van der Waals surface area contributed by atoms with Crippen LogP contribution < -0.4 is 20.3 Å². The number of carbonyl (C=O) groups is 1. The fraction of sp³-hybridized carbons (Fsp3) is 0.263. The van der Waals surface area contributed by atoms with E-state index in [-0.39, 0.29) is 11.0 Å². The lowest BCUT2D eigenvalue weighted by molar-refractivity contribution is 0.0977. The normalized spacial score (nSPS) is 10.0. The molecule has 0 bridgehead atoms. The number of nitrogens with zero attached hydrogens (tertiary/aromatic N) is 1. The molecule has 2 aromatic rings. The summed E-state index contributed by atoms with van der Waals surface area (Å²) in [6, 6.07) is 14.8. The van der Waals surface area contributed by atoms with Crippen molar-refractivity contribution in [2.75, 3.05) is 30.9 Å². The minimum atomic E-state index is -0.274. The predicted molar refractivity (Wildman–Crippen MR) is 107 cm³/mol. The van der Waals surface area contributed by atoms with Crippen LogP contribution in [0.4, 0.5) is 11.4 Å². The van der Waals surface area contributed by atoms with Crippen molar-refractivity contribution in [3.05, 3.63) is 54.1 Å². The van der Waals surface area contributed by atoms with E-state index in [2.05, 4.69) is 10.6 Å². The highest BCUT2D eigenvalue weighted by Gasteiger charge is 2.09. The van der Waals surface area contributed by atoms with Gasteiger partial charge in [-0.25, -0.2) is 0 Å². The minimum Gasteiger partial charge on any atom is -0.494 e. The summed E-state index contributed by atoms with van der Waals surface area (Å²) >= 11 is 5.21. The Balaban J connectivity index is 1.94. The quantitative estimate of drug-likeness (QED) is 0.773. The van der Waals surface area contributed by atoms with Gasteiger partial charge >= 0.3 is 0 Å². The zero-order chi connectivity index (χ0) is 18.2. The van der Waals surface area contributed by atoms with E-state index in [4.69, 9.17) is 17.0 Å². The third-order valence-corrected chi connectivity index (χ3v) is 3.64. The highest BCUT2D eigenvalue weighted by molar-refractivity contribution is 7.80. The van der Waals surface area contributed by atoms with E-state index >= 15 is 0 Å². The van der Waals surface area contributed by atoms with Gasteiger partial charge < -0.3 is 15.0 Å². The minimum absolute atomic E-state index is 0.252. The molecule has 0 aliphatic rings. The van der Waals surface area contributed by atoms with E-state index < -0.39 is 0 Å². The van der Waals surface area contributed by atoms with Crippen molar-refractivity contribution >= 4 is 34.6 Å². The van der Waals surface area contributed by atoms with Crippen molar-refractivity contribution in [3.8, 4) is 5.75 Å². The molecule has 0 spiro atoms. The summed E-state index contributed by atoms with van der Waals surface area (Å²) in [4.78, 5) is 14.3. The Hall–Kier alpha value is -2.60. The van der Waals surface area contributed by atoms with Gasteiger partial charge in [0.25, 0.3) is 5.91 Å². The molecule has 0 radical (unpaired) electrons. The number of rotatable bonds is 6. The average Bonchev–Trinajstić information content (AvgIpc) is 2.60. The molecule has 6 heteroatoms. The number of thiocarbonyl (C=S) groups is 1. The molecule has 2 aromatic carbocycles. The van der Waals surface area contributed by atoms with Crippen molar-refractivity contribution in [1.29, 1.82) is 0 Å². The third kappa shape index (κ3) is 5.76. The van der Waals surface area contributed by atoms with Crippen LogP contribution in [-0.2, 0) is 0 Å². The number of amides is 1. The molecular formula is C19H23N3O2S. The van der Waals surface area contributed by atoms with E-state index in [9.17, 15) is 4.79 Å². The Bertz CT molecular complexity index is 730. The molecule has 25 heavy (non-hydrogen) atoms.